The Balaban J connectivity index is 1.86. The normalized spacial score (nSPS) is 10.2. The molecule has 0 bridgehead atoms. The molecule has 132 valence electrons. The van der Waals surface area contributed by atoms with Gasteiger partial charge in [0.1, 0.15) is 5.75 Å². The highest BCUT2D eigenvalue weighted by molar-refractivity contribution is 7.14. The van der Waals surface area contributed by atoms with E-state index in [1.807, 2.05) is 6.92 Å². The van der Waals surface area contributed by atoms with Crippen molar-refractivity contribution in [1.29, 1.82) is 0 Å². The minimum absolute atomic E-state index is 0.134. The maximum atomic E-state index is 12.1. The van der Waals surface area contributed by atoms with Crippen LogP contribution in [0.5, 0.6) is 5.75 Å². The first-order valence-electron chi connectivity index (χ1n) is 7.76. The van der Waals surface area contributed by atoms with Crippen LogP contribution in [0.25, 0.3) is 0 Å². The number of amides is 1. The largest absolute Gasteiger partial charge is 0.494 e. The minimum Gasteiger partial charge on any atom is -0.494 e. The lowest BCUT2D eigenvalue weighted by Crippen LogP contribution is -2.18. The molecule has 6 nitrogen and oxygen atoms in total. The molecule has 0 aliphatic heterocycles. The summed E-state index contributed by atoms with van der Waals surface area (Å²) < 4.78 is 10.4. The van der Waals surface area contributed by atoms with Gasteiger partial charge in [0.05, 0.1) is 23.6 Å². The van der Waals surface area contributed by atoms with Crippen LogP contribution in [0.3, 0.4) is 0 Å². The Morgan fingerprint density at radius 3 is 2.44 bits per heavy atom. The van der Waals surface area contributed by atoms with Crippen molar-refractivity contribution < 1.29 is 23.9 Å². The SMILES string of the molecule is CCOc1ccc(C(=O)OCC(=O)c2ccc(CNC(C)=O)s2)cc1. The van der Waals surface area contributed by atoms with Crippen LogP contribution in [0.1, 0.15) is 38.8 Å². The molecule has 25 heavy (non-hydrogen) atoms. The number of Topliss-reactive ketones (excluding diaryl/α,β-unsaturated/α-hetero) is 1. The first-order valence-corrected chi connectivity index (χ1v) is 8.57. The van der Waals surface area contributed by atoms with Gasteiger partial charge in [-0.1, -0.05) is 0 Å². The van der Waals surface area contributed by atoms with Gasteiger partial charge in [-0.3, -0.25) is 9.59 Å². The van der Waals surface area contributed by atoms with E-state index in [0.717, 1.165) is 4.88 Å². The molecule has 0 fully saturated rings. The van der Waals surface area contributed by atoms with Crippen molar-refractivity contribution in [2.24, 2.45) is 0 Å². The van der Waals surface area contributed by atoms with Crippen LogP contribution in [-0.2, 0) is 16.1 Å². The number of thiophene rings is 1. The van der Waals surface area contributed by atoms with Gasteiger partial charge in [0.25, 0.3) is 0 Å². The Morgan fingerprint density at radius 1 is 1.08 bits per heavy atom. The zero-order valence-electron chi connectivity index (χ0n) is 14.0. The van der Waals surface area contributed by atoms with Crippen LogP contribution >= 0.6 is 11.3 Å². The molecular weight excluding hydrogens is 342 g/mol. The Bertz CT molecular complexity index is 751. The molecule has 0 spiro atoms. The number of hydrogen-bond donors (Lipinski definition) is 1. The number of rotatable bonds is 8. The number of ketones is 1. The Hall–Kier alpha value is -2.67. The van der Waals surface area contributed by atoms with E-state index >= 15 is 0 Å². The average molecular weight is 361 g/mol. The number of benzene rings is 1. The number of hydrogen-bond acceptors (Lipinski definition) is 6. The van der Waals surface area contributed by atoms with Crippen LogP contribution in [0.4, 0.5) is 0 Å². The Kier molecular flexibility index (Phi) is 6.71. The number of nitrogens with one attached hydrogen (secondary N) is 1. The topological polar surface area (TPSA) is 81.7 Å². The summed E-state index contributed by atoms with van der Waals surface area (Å²) >= 11 is 1.27. The fraction of sp³-hybridized carbons (Fsp3) is 0.278. The van der Waals surface area contributed by atoms with Crippen LogP contribution in [0, 0.1) is 0 Å². The van der Waals surface area contributed by atoms with Gasteiger partial charge in [-0.25, -0.2) is 4.79 Å². The summed E-state index contributed by atoms with van der Waals surface area (Å²) in [7, 11) is 0. The van der Waals surface area contributed by atoms with Crippen LogP contribution < -0.4 is 10.1 Å². The second kappa shape index (κ2) is 8.98. The number of ether oxygens (including phenoxy) is 2. The molecule has 7 heteroatoms. The van der Waals surface area contributed by atoms with Gasteiger partial charge in [0, 0.05) is 11.8 Å². The summed E-state index contributed by atoms with van der Waals surface area (Å²) in [4.78, 5) is 36.3. The zero-order valence-corrected chi connectivity index (χ0v) is 14.9. The molecule has 1 N–H and O–H groups in total. The van der Waals surface area contributed by atoms with Crippen LogP contribution in [0.2, 0.25) is 0 Å². The maximum absolute atomic E-state index is 12.1. The van der Waals surface area contributed by atoms with E-state index in [1.165, 1.54) is 18.3 Å². The van der Waals surface area contributed by atoms with Crippen molar-refractivity contribution >= 4 is 29.0 Å². The van der Waals surface area contributed by atoms with E-state index in [-0.39, 0.29) is 18.3 Å². The molecular formula is C18H19NO5S. The van der Waals surface area contributed by atoms with Crippen molar-refractivity contribution in [3.05, 3.63) is 51.7 Å². The Labute approximate surface area is 149 Å². The summed E-state index contributed by atoms with van der Waals surface area (Å²) in [6.07, 6.45) is 0. The third kappa shape index (κ3) is 5.72. The number of carbonyl (C=O) groups excluding carboxylic acids is 3. The summed E-state index contributed by atoms with van der Waals surface area (Å²) in [5, 5.41) is 2.66. The number of esters is 1. The summed E-state index contributed by atoms with van der Waals surface area (Å²) in [5.41, 5.74) is 0.355. The maximum Gasteiger partial charge on any atom is 0.338 e. The van der Waals surface area contributed by atoms with E-state index in [0.29, 0.717) is 29.3 Å². The molecule has 1 aromatic carbocycles. The van der Waals surface area contributed by atoms with E-state index < -0.39 is 5.97 Å². The fourth-order valence-corrected chi connectivity index (χ4v) is 2.85. The van der Waals surface area contributed by atoms with Gasteiger partial charge >= 0.3 is 5.97 Å². The van der Waals surface area contributed by atoms with Gasteiger partial charge in [-0.15, -0.1) is 11.3 Å². The average Bonchev–Trinajstić information content (AvgIpc) is 3.07. The first kappa shape index (κ1) is 18.7. The third-order valence-corrected chi connectivity index (χ3v) is 4.31. The second-order valence-electron chi connectivity index (χ2n) is 5.13. The Morgan fingerprint density at radius 2 is 1.80 bits per heavy atom. The summed E-state index contributed by atoms with van der Waals surface area (Å²) in [5.74, 6) is -0.309. The smallest absolute Gasteiger partial charge is 0.338 e. The molecule has 1 amide bonds. The van der Waals surface area contributed by atoms with Gasteiger partial charge in [0.2, 0.25) is 11.7 Å². The predicted octanol–water partition coefficient (Wildman–Crippen LogP) is 2.82. The standard InChI is InChI=1S/C18H19NO5S/c1-3-23-14-6-4-13(5-7-14)18(22)24-11-16(21)17-9-8-15(25-17)10-19-12(2)20/h4-9H,3,10-11H2,1-2H3,(H,19,20). The molecule has 0 aliphatic rings. The summed E-state index contributed by atoms with van der Waals surface area (Å²) in [6, 6.07) is 9.96. The molecule has 0 saturated heterocycles. The molecule has 0 saturated carbocycles. The first-order chi connectivity index (χ1) is 12.0. The molecule has 2 aromatic rings. The van der Waals surface area contributed by atoms with E-state index in [4.69, 9.17) is 9.47 Å². The lowest BCUT2D eigenvalue weighted by molar-refractivity contribution is -0.119. The fourth-order valence-electron chi connectivity index (χ4n) is 1.97. The van der Waals surface area contributed by atoms with Crippen LogP contribution in [0.15, 0.2) is 36.4 Å². The second-order valence-corrected chi connectivity index (χ2v) is 6.30. The monoisotopic (exact) mass is 361 g/mol. The lowest BCUT2D eigenvalue weighted by Gasteiger charge is -2.05. The van der Waals surface area contributed by atoms with E-state index in [9.17, 15) is 14.4 Å². The highest BCUT2D eigenvalue weighted by Gasteiger charge is 2.14. The van der Waals surface area contributed by atoms with Gasteiger partial charge in [0.15, 0.2) is 6.61 Å². The van der Waals surface area contributed by atoms with Crippen molar-refractivity contribution in [3.8, 4) is 5.75 Å². The highest BCUT2D eigenvalue weighted by Crippen LogP contribution is 2.18. The lowest BCUT2D eigenvalue weighted by atomic mass is 10.2. The van der Waals surface area contributed by atoms with Gasteiger partial charge in [-0.2, -0.15) is 0 Å². The van der Waals surface area contributed by atoms with Gasteiger partial charge in [-0.05, 0) is 43.3 Å². The quantitative estimate of drug-likeness (QED) is 0.577. The van der Waals surface area contributed by atoms with Crippen molar-refractivity contribution in [1.82, 2.24) is 5.32 Å². The van der Waals surface area contributed by atoms with E-state index in [2.05, 4.69) is 5.32 Å². The molecule has 0 atom stereocenters. The molecule has 0 radical (unpaired) electrons. The zero-order chi connectivity index (χ0) is 18.2. The van der Waals surface area contributed by atoms with E-state index in [1.54, 1.807) is 36.4 Å². The highest BCUT2D eigenvalue weighted by atomic mass is 32.1. The molecule has 0 unspecified atom stereocenters. The minimum atomic E-state index is -0.563. The van der Waals surface area contributed by atoms with Crippen molar-refractivity contribution in [2.45, 2.75) is 20.4 Å². The molecule has 0 aliphatic carbocycles. The molecule has 2 rings (SSSR count). The van der Waals surface area contributed by atoms with Gasteiger partial charge < -0.3 is 14.8 Å². The predicted molar refractivity (Wildman–Crippen MR) is 94.1 cm³/mol. The van der Waals surface area contributed by atoms with Crippen molar-refractivity contribution in [3.63, 3.8) is 0 Å². The number of carbonyl (C=O) groups is 3. The molecule has 1 aromatic heterocycles. The summed E-state index contributed by atoms with van der Waals surface area (Å²) in [6.45, 7) is 3.90. The van der Waals surface area contributed by atoms with Crippen LogP contribution in [-0.4, -0.2) is 30.9 Å². The third-order valence-electron chi connectivity index (χ3n) is 3.18. The van der Waals surface area contributed by atoms with Crippen molar-refractivity contribution in [2.75, 3.05) is 13.2 Å². The molecule has 1 heterocycles.